The number of rotatable bonds is 3. The highest BCUT2D eigenvalue weighted by molar-refractivity contribution is 5.31. The number of nitrogens with two attached hydrogens (primary N) is 1. The Morgan fingerprint density at radius 3 is 2.81 bits per heavy atom. The number of aromatic nitrogens is 2. The van der Waals surface area contributed by atoms with Crippen molar-refractivity contribution >= 4 is 0 Å². The number of nitrogens with zero attached hydrogens (tertiary/aromatic N) is 2. The Balaban J connectivity index is 2.14. The highest BCUT2D eigenvalue weighted by Crippen LogP contribution is 2.21. The molecule has 1 heterocycles. The topological polar surface area (TPSA) is 53.1 Å². The zero-order chi connectivity index (χ0) is 11.5. The lowest BCUT2D eigenvalue weighted by Gasteiger charge is -2.04. The van der Waals surface area contributed by atoms with Crippen LogP contribution in [0.25, 0.3) is 0 Å². The largest absolute Gasteiger partial charge is 0.454 e. The van der Waals surface area contributed by atoms with Crippen molar-refractivity contribution in [2.75, 3.05) is 0 Å². The van der Waals surface area contributed by atoms with E-state index in [1.54, 1.807) is 17.1 Å². The maximum Gasteiger partial charge on any atom is 0.165 e. The predicted octanol–water partition coefficient (Wildman–Crippen LogP) is 2.46. The van der Waals surface area contributed by atoms with Crippen LogP contribution in [0.5, 0.6) is 11.5 Å². The first kappa shape index (κ1) is 10.7. The van der Waals surface area contributed by atoms with E-state index in [1.807, 2.05) is 38.1 Å². The molecular weight excluding hydrogens is 202 g/mol. The summed E-state index contributed by atoms with van der Waals surface area (Å²) in [6, 6.07) is 7.87. The molecule has 0 aliphatic rings. The van der Waals surface area contributed by atoms with Crippen molar-refractivity contribution in [1.82, 2.24) is 9.78 Å². The van der Waals surface area contributed by atoms with Gasteiger partial charge >= 0.3 is 0 Å². The Kier molecular flexibility index (Phi) is 2.92. The predicted molar refractivity (Wildman–Crippen MR) is 62.4 cm³/mol. The molecule has 0 fully saturated rings. The lowest BCUT2D eigenvalue weighted by atomic mass is 10.2. The molecule has 0 amide bonds. The minimum absolute atomic E-state index is 0.144. The standard InChI is InChI=1S/C12H15N3O/c1-9-4-3-5-11(6-9)16-12-7-14-15(8-12)10(2)13/h3-8,10H,13H2,1-2H3. The average molecular weight is 217 g/mol. The van der Waals surface area contributed by atoms with Crippen molar-refractivity contribution in [3.8, 4) is 11.5 Å². The molecule has 16 heavy (non-hydrogen) atoms. The normalized spacial score (nSPS) is 12.4. The number of hydrogen-bond acceptors (Lipinski definition) is 3. The zero-order valence-electron chi connectivity index (χ0n) is 9.42. The van der Waals surface area contributed by atoms with Crippen molar-refractivity contribution in [2.45, 2.75) is 20.0 Å². The Hall–Kier alpha value is -1.81. The van der Waals surface area contributed by atoms with Crippen LogP contribution in [0.1, 0.15) is 18.7 Å². The van der Waals surface area contributed by atoms with Crippen LogP contribution in [0.2, 0.25) is 0 Å². The summed E-state index contributed by atoms with van der Waals surface area (Å²) < 4.78 is 7.31. The number of ether oxygens (including phenoxy) is 1. The average Bonchev–Trinajstić information content (AvgIpc) is 2.66. The summed E-state index contributed by atoms with van der Waals surface area (Å²) in [6.45, 7) is 3.89. The number of benzene rings is 1. The van der Waals surface area contributed by atoms with Crippen LogP contribution in [0.4, 0.5) is 0 Å². The molecular formula is C12H15N3O. The summed E-state index contributed by atoms with van der Waals surface area (Å²) in [6.07, 6.45) is 3.30. The summed E-state index contributed by atoms with van der Waals surface area (Å²) in [5, 5.41) is 4.10. The molecule has 84 valence electrons. The number of hydrogen-bond donors (Lipinski definition) is 1. The van der Waals surface area contributed by atoms with E-state index >= 15 is 0 Å². The van der Waals surface area contributed by atoms with E-state index in [4.69, 9.17) is 10.5 Å². The fourth-order valence-electron chi connectivity index (χ4n) is 1.41. The molecule has 2 rings (SSSR count). The third kappa shape index (κ3) is 2.41. The zero-order valence-corrected chi connectivity index (χ0v) is 9.42. The van der Waals surface area contributed by atoms with Crippen LogP contribution in [-0.4, -0.2) is 9.78 Å². The van der Waals surface area contributed by atoms with E-state index in [0.29, 0.717) is 5.75 Å². The van der Waals surface area contributed by atoms with Gasteiger partial charge in [-0.05, 0) is 31.5 Å². The highest BCUT2D eigenvalue weighted by atomic mass is 16.5. The van der Waals surface area contributed by atoms with Gasteiger partial charge in [-0.15, -0.1) is 0 Å². The smallest absolute Gasteiger partial charge is 0.165 e. The maximum absolute atomic E-state index is 5.69. The van der Waals surface area contributed by atoms with Crippen LogP contribution in [0.3, 0.4) is 0 Å². The van der Waals surface area contributed by atoms with Crippen molar-refractivity contribution in [2.24, 2.45) is 5.73 Å². The summed E-state index contributed by atoms with van der Waals surface area (Å²) in [5.74, 6) is 1.51. The Morgan fingerprint density at radius 2 is 2.19 bits per heavy atom. The summed E-state index contributed by atoms with van der Waals surface area (Å²) in [7, 11) is 0. The maximum atomic E-state index is 5.69. The van der Waals surface area contributed by atoms with Gasteiger partial charge in [0.05, 0.1) is 18.6 Å². The van der Waals surface area contributed by atoms with Gasteiger partial charge in [0.1, 0.15) is 5.75 Å². The first-order valence-corrected chi connectivity index (χ1v) is 5.19. The molecule has 1 aromatic carbocycles. The van der Waals surface area contributed by atoms with Crippen LogP contribution < -0.4 is 10.5 Å². The molecule has 2 N–H and O–H groups in total. The van der Waals surface area contributed by atoms with Gasteiger partial charge < -0.3 is 10.5 Å². The summed E-state index contributed by atoms with van der Waals surface area (Å²) in [4.78, 5) is 0. The van der Waals surface area contributed by atoms with Gasteiger partial charge in [-0.3, -0.25) is 4.68 Å². The molecule has 1 atom stereocenters. The van der Waals surface area contributed by atoms with E-state index in [0.717, 1.165) is 11.3 Å². The lowest BCUT2D eigenvalue weighted by Crippen LogP contribution is -2.14. The van der Waals surface area contributed by atoms with Gasteiger partial charge in [-0.1, -0.05) is 12.1 Å². The SMILES string of the molecule is Cc1cccc(Oc2cnn(C(C)N)c2)c1. The molecule has 0 spiro atoms. The first-order chi connectivity index (χ1) is 7.65. The second-order valence-electron chi connectivity index (χ2n) is 3.82. The highest BCUT2D eigenvalue weighted by Gasteiger charge is 2.03. The first-order valence-electron chi connectivity index (χ1n) is 5.19. The Bertz CT molecular complexity index is 477. The molecule has 4 nitrogen and oxygen atoms in total. The Morgan fingerprint density at radius 1 is 1.38 bits per heavy atom. The van der Waals surface area contributed by atoms with Crippen molar-refractivity contribution in [1.29, 1.82) is 0 Å². The monoisotopic (exact) mass is 217 g/mol. The molecule has 0 aliphatic heterocycles. The fraction of sp³-hybridized carbons (Fsp3) is 0.250. The summed E-state index contributed by atoms with van der Waals surface area (Å²) in [5.41, 5.74) is 6.85. The van der Waals surface area contributed by atoms with Crippen LogP contribution in [0, 0.1) is 6.92 Å². The van der Waals surface area contributed by atoms with Gasteiger partial charge in [-0.2, -0.15) is 5.10 Å². The van der Waals surface area contributed by atoms with Crippen LogP contribution in [-0.2, 0) is 0 Å². The van der Waals surface area contributed by atoms with Gasteiger partial charge in [0.15, 0.2) is 5.75 Å². The van der Waals surface area contributed by atoms with Gasteiger partial charge in [-0.25, -0.2) is 0 Å². The van der Waals surface area contributed by atoms with Gasteiger partial charge in [0.25, 0.3) is 0 Å². The molecule has 0 bridgehead atoms. The van der Waals surface area contributed by atoms with E-state index < -0.39 is 0 Å². The van der Waals surface area contributed by atoms with E-state index in [2.05, 4.69) is 5.10 Å². The minimum Gasteiger partial charge on any atom is -0.454 e. The molecule has 0 aliphatic carbocycles. The fourth-order valence-corrected chi connectivity index (χ4v) is 1.41. The minimum atomic E-state index is -0.144. The second-order valence-corrected chi connectivity index (χ2v) is 3.82. The third-order valence-electron chi connectivity index (χ3n) is 2.22. The van der Waals surface area contributed by atoms with Gasteiger partial charge in [0.2, 0.25) is 0 Å². The summed E-state index contributed by atoms with van der Waals surface area (Å²) >= 11 is 0. The van der Waals surface area contributed by atoms with Crippen LogP contribution in [0.15, 0.2) is 36.7 Å². The molecule has 0 saturated heterocycles. The number of aryl methyl sites for hydroxylation is 1. The van der Waals surface area contributed by atoms with E-state index in [-0.39, 0.29) is 6.17 Å². The molecule has 0 radical (unpaired) electrons. The second kappa shape index (κ2) is 4.37. The van der Waals surface area contributed by atoms with E-state index in [1.165, 1.54) is 0 Å². The lowest BCUT2D eigenvalue weighted by molar-refractivity contribution is 0.473. The van der Waals surface area contributed by atoms with Crippen molar-refractivity contribution in [3.05, 3.63) is 42.2 Å². The molecule has 0 saturated carbocycles. The van der Waals surface area contributed by atoms with Gasteiger partial charge in [0, 0.05) is 0 Å². The third-order valence-corrected chi connectivity index (χ3v) is 2.22. The van der Waals surface area contributed by atoms with E-state index in [9.17, 15) is 0 Å². The van der Waals surface area contributed by atoms with Crippen LogP contribution >= 0.6 is 0 Å². The molecule has 4 heteroatoms. The van der Waals surface area contributed by atoms with Crippen molar-refractivity contribution in [3.63, 3.8) is 0 Å². The molecule has 1 unspecified atom stereocenters. The van der Waals surface area contributed by atoms with Crippen molar-refractivity contribution < 1.29 is 4.74 Å². The molecule has 1 aromatic heterocycles. The Labute approximate surface area is 94.6 Å². The quantitative estimate of drug-likeness (QED) is 0.859. The molecule has 2 aromatic rings.